The number of hydrogen-bond acceptors (Lipinski definition) is 3. The van der Waals surface area contributed by atoms with Crippen molar-refractivity contribution in [2.24, 2.45) is 0 Å². The summed E-state index contributed by atoms with van der Waals surface area (Å²) < 4.78 is 13.3. The first-order valence-electron chi connectivity index (χ1n) is 6.20. The lowest BCUT2D eigenvalue weighted by atomic mass is 10.1. The van der Waals surface area contributed by atoms with Gasteiger partial charge in [0.15, 0.2) is 5.69 Å². The second kappa shape index (κ2) is 5.46. The zero-order valence-electron chi connectivity index (χ0n) is 10.8. The normalized spacial score (nSPS) is 10.5. The molecule has 1 N–H and O–H groups in total. The maximum atomic E-state index is 13.3. The van der Waals surface area contributed by atoms with Crippen molar-refractivity contribution < 1.29 is 14.3 Å². The van der Waals surface area contributed by atoms with Crippen molar-refractivity contribution in [2.45, 2.75) is 0 Å². The van der Waals surface area contributed by atoms with Crippen molar-refractivity contribution in [3.8, 4) is 21.0 Å². The summed E-state index contributed by atoms with van der Waals surface area (Å²) >= 11 is 1.24. The number of halogens is 1. The Hall–Kier alpha value is -2.53. The average molecular weight is 299 g/mol. The quantitative estimate of drug-likeness (QED) is 0.783. The number of carboxylic acids is 1. The Morgan fingerprint density at radius 3 is 2.43 bits per heavy atom. The minimum Gasteiger partial charge on any atom is -0.476 e. The Morgan fingerprint density at radius 1 is 1.05 bits per heavy atom. The Balaban J connectivity index is 2.15. The van der Waals surface area contributed by atoms with Crippen LogP contribution in [0.4, 0.5) is 4.39 Å². The van der Waals surface area contributed by atoms with Crippen molar-refractivity contribution in [3.63, 3.8) is 0 Å². The van der Waals surface area contributed by atoms with E-state index < -0.39 is 5.97 Å². The maximum Gasteiger partial charge on any atom is 0.356 e. The maximum absolute atomic E-state index is 13.3. The third-order valence-electron chi connectivity index (χ3n) is 2.94. The SMILES string of the molecule is O=C(O)c1nc(-c2cccc(F)c2)sc1-c1ccccc1. The predicted octanol–water partition coefficient (Wildman–Crippen LogP) is 4.31. The molecule has 3 nitrogen and oxygen atoms in total. The summed E-state index contributed by atoms with van der Waals surface area (Å²) in [6.07, 6.45) is 0. The fraction of sp³-hybridized carbons (Fsp3) is 0. The molecule has 0 bridgehead atoms. The summed E-state index contributed by atoms with van der Waals surface area (Å²) in [5.74, 6) is -1.46. The first-order valence-corrected chi connectivity index (χ1v) is 7.02. The van der Waals surface area contributed by atoms with Crippen LogP contribution in [0.1, 0.15) is 10.5 Å². The zero-order chi connectivity index (χ0) is 14.8. The third-order valence-corrected chi connectivity index (χ3v) is 4.09. The van der Waals surface area contributed by atoms with Crippen LogP contribution in [0.2, 0.25) is 0 Å². The molecule has 0 amide bonds. The second-order valence-electron chi connectivity index (χ2n) is 4.38. The highest BCUT2D eigenvalue weighted by molar-refractivity contribution is 7.18. The topological polar surface area (TPSA) is 50.2 Å². The number of nitrogens with zero attached hydrogens (tertiary/aromatic N) is 1. The van der Waals surface area contributed by atoms with Gasteiger partial charge in [0.05, 0.1) is 4.88 Å². The Bertz CT molecular complexity index is 799. The van der Waals surface area contributed by atoms with Gasteiger partial charge in [-0.1, -0.05) is 42.5 Å². The van der Waals surface area contributed by atoms with E-state index in [4.69, 9.17) is 0 Å². The van der Waals surface area contributed by atoms with E-state index in [1.54, 1.807) is 12.1 Å². The van der Waals surface area contributed by atoms with E-state index in [-0.39, 0.29) is 11.5 Å². The van der Waals surface area contributed by atoms with Crippen LogP contribution in [0.3, 0.4) is 0 Å². The lowest BCUT2D eigenvalue weighted by Gasteiger charge is -1.97. The second-order valence-corrected chi connectivity index (χ2v) is 5.38. The summed E-state index contributed by atoms with van der Waals surface area (Å²) in [5, 5.41) is 9.80. The number of rotatable bonds is 3. The van der Waals surface area contributed by atoms with Crippen LogP contribution in [-0.2, 0) is 0 Å². The molecule has 0 unspecified atom stereocenters. The molecule has 0 radical (unpaired) electrons. The minimum atomic E-state index is -1.09. The average Bonchev–Trinajstić information content (AvgIpc) is 2.93. The lowest BCUT2D eigenvalue weighted by molar-refractivity contribution is 0.0692. The van der Waals surface area contributed by atoms with Gasteiger partial charge in [0, 0.05) is 5.56 Å². The fourth-order valence-corrected chi connectivity index (χ4v) is 3.05. The molecule has 1 heterocycles. The molecule has 0 saturated heterocycles. The predicted molar refractivity (Wildman–Crippen MR) is 79.9 cm³/mol. The monoisotopic (exact) mass is 299 g/mol. The van der Waals surface area contributed by atoms with E-state index in [0.717, 1.165) is 5.56 Å². The molecule has 0 spiro atoms. The van der Waals surface area contributed by atoms with Crippen molar-refractivity contribution in [3.05, 3.63) is 66.1 Å². The van der Waals surface area contributed by atoms with E-state index in [0.29, 0.717) is 15.4 Å². The highest BCUT2D eigenvalue weighted by Crippen LogP contribution is 2.35. The van der Waals surface area contributed by atoms with Crippen LogP contribution < -0.4 is 0 Å². The number of carbonyl (C=O) groups is 1. The van der Waals surface area contributed by atoms with E-state index in [1.807, 2.05) is 30.3 Å². The third kappa shape index (κ3) is 2.68. The molecule has 3 aromatic rings. The molecular formula is C16H10FNO2S. The summed E-state index contributed by atoms with van der Waals surface area (Å²) in [6.45, 7) is 0. The van der Waals surface area contributed by atoms with Gasteiger partial charge in [0.1, 0.15) is 10.8 Å². The van der Waals surface area contributed by atoms with Crippen molar-refractivity contribution >= 4 is 17.3 Å². The molecular weight excluding hydrogens is 289 g/mol. The van der Waals surface area contributed by atoms with Crippen LogP contribution >= 0.6 is 11.3 Å². The number of carboxylic acid groups (broad SMARTS) is 1. The van der Waals surface area contributed by atoms with Gasteiger partial charge in [0.25, 0.3) is 0 Å². The Morgan fingerprint density at radius 2 is 1.76 bits per heavy atom. The van der Waals surface area contributed by atoms with E-state index >= 15 is 0 Å². The highest BCUT2D eigenvalue weighted by atomic mass is 32.1. The molecule has 0 atom stereocenters. The standard InChI is InChI=1S/C16H10FNO2S/c17-12-8-4-7-11(9-12)15-18-13(16(19)20)14(21-15)10-5-2-1-3-6-10/h1-9H,(H,19,20). The van der Waals surface area contributed by atoms with Crippen molar-refractivity contribution in [1.29, 1.82) is 0 Å². The molecule has 0 aliphatic carbocycles. The molecule has 1 aromatic heterocycles. The van der Waals surface area contributed by atoms with Crippen molar-refractivity contribution in [1.82, 2.24) is 4.98 Å². The van der Waals surface area contributed by atoms with Crippen molar-refractivity contribution in [2.75, 3.05) is 0 Å². The molecule has 2 aromatic carbocycles. The lowest BCUT2D eigenvalue weighted by Crippen LogP contribution is -1.98. The summed E-state index contributed by atoms with van der Waals surface area (Å²) in [6, 6.07) is 15.2. The smallest absolute Gasteiger partial charge is 0.356 e. The van der Waals surface area contributed by atoms with Gasteiger partial charge in [-0.2, -0.15) is 0 Å². The van der Waals surface area contributed by atoms with E-state index in [2.05, 4.69) is 4.98 Å². The van der Waals surface area contributed by atoms with Gasteiger partial charge in [-0.3, -0.25) is 0 Å². The first kappa shape index (κ1) is 13.5. The highest BCUT2D eigenvalue weighted by Gasteiger charge is 2.19. The van der Waals surface area contributed by atoms with E-state index in [9.17, 15) is 14.3 Å². The van der Waals surface area contributed by atoms with Gasteiger partial charge < -0.3 is 5.11 Å². The molecule has 21 heavy (non-hydrogen) atoms. The molecule has 0 saturated carbocycles. The molecule has 0 aliphatic rings. The van der Waals surface area contributed by atoms with Crippen LogP contribution in [0.25, 0.3) is 21.0 Å². The van der Waals surface area contributed by atoms with Gasteiger partial charge in [-0.25, -0.2) is 14.2 Å². The molecule has 104 valence electrons. The first-order chi connectivity index (χ1) is 10.1. The number of benzene rings is 2. The summed E-state index contributed by atoms with van der Waals surface area (Å²) in [5.41, 5.74) is 1.35. The fourth-order valence-electron chi connectivity index (χ4n) is 2.00. The van der Waals surface area contributed by atoms with Gasteiger partial charge in [-0.05, 0) is 17.7 Å². The van der Waals surface area contributed by atoms with Crippen LogP contribution in [0.5, 0.6) is 0 Å². The number of hydrogen-bond donors (Lipinski definition) is 1. The Kier molecular flexibility index (Phi) is 3.50. The zero-order valence-corrected chi connectivity index (χ0v) is 11.6. The largest absolute Gasteiger partial charge is 0.476 e. The Labute approximate surface area is 124 Å². The molecule has 0 fully saturated rings. The number of thiazole rings is 1. The van der Waals surface area contributed by atoms with Crippen LogP contribution in [0.15, 0.2) is 54.6 Å². The van der Waals surface area contributed by atoms with Crippen LogP contribution in [-0.4, -0.2) is 16.1 Å². The van der Waals surface area contributed by atoms with E-state index in [1.165, 1.54) is 23.5 Å². The summed E-state index contributed by atoms with van der Waals surface area (Å²) in [7, 11) is 0. The molecule has 0 aliphatic heterocycles. The number of aromatic carboxylic acids is 1. The van der Waals surface area contributed by atoms with Crippen LogP contribution in [0, 0.1) is 5.82 Å². The van der Waals surface area contributed by atoms with Gasteiger partial charge in [-0.15, -0.1) is 11.3 Å². The number of aromatic nitrogens is 1. The summed E-state index contributed by atoms with van der Waals surface area (Å²) in [4.78, 5) is 16.1. The molecule has 5 heteroatoms. The molecule has 3 rings (SSSR count). The van der Waals surface area contributed by atoms with Gasteiger partial charge >= 0.3 is 5.97 Å². The minimum absolute atomic E-state index is 0.00883. The van der Waals surface area contributed by atoms with Gasteiger partial charge in [0.2, 0.25) is 0 Å².